The van der Waals surface area contributed by atoms with Gasteiger partial charge >= 0.3 is 0 Å². The first-order valence-electron chi connectivity index (χ1n) is 10.0. The molecule has 7 heteroatoms. The molecule has 1 heterocycles. The van der Waals surface area contributed by atoms with Gasteiger partial charge in [-0.15, -0.1) is 0 Å². The molecule has 0 saturated heterocycles. The maximum absolute atomic E-state index is 11.7. The van der Waals surface area contributed by atoms with Crippen molar-refractivity contribution >= 4 is 8.32 Å². The summed E-state index contributed by atoms with van der Waals surface area (Å²) in [4.78, 5) is 0. The van der Waals surface area contributed by atoms with Gasteiger partial charge in [-0.05, 0) is 36.3 Å². The number of aliphatic hydroxyl groups excluding tert-OH is 1. The first-order valence-corrected chi connectivity index (χ1v) is 12.9. The fraction of sp³-hybridized carbons (Fsp3) is 0.478. The highest BCUT2D eigenvalue weighted by molar-refractivity contribution is 6.74. The summed E-state index contributed by atoms with van der Waals surface area (Å²) < 4.78 is 23.2. The van der Waals surface area contributed by atoms with Gasteiger partial charge < -0.3 is 28.8 Å². The molecule has 0 aromatic heterocycles. The summed E-state index contributed by atoms with van der Waals surface area (Å²) in [6.45, 7) is 10.6. The molecule has 1 aliphatic rings. The number of hydrogen-bond donors (Lipinski definition) is 2. The van der Waals surface area contributed by atoms with E-state index in [1.54, 1.807) is 50.6 Å². The van der Waals surface area contributed by atoms with E-state index in [9.17, 15) is 10.2 Å². The molecule has 2 atom stereocenters. The maximum atomic E-state index is 11.7. The number of fused-ring (bicyclic) bond motifs is 1. The lowest BCUT2D eigenvalue weighted by molar-refractivity contribution is -0.122. The second-order valence-electron chi connectivity index (χ2n) is 9.22. The highest BCUT2D eigenvalue weighted by atomic mass is 28.4. The third-order valence-electron chi connectivity index (χ3n) is 6.24. The Morgan fingerprint density at radius 1 is 1.10 bits per heavy atom. The first-order chi connectivity index (χ1) is 13.9. The minimum absolute atomic E-state index is 0.0570. The van der Waals surface area contributed by atoms with Crippen molar-refractivity contribution in [1.82, 2.24) is 0 Å². The summed E-state index contributed by atoms with van der Waals surface area (Å²) in [7, 11) is 0.877. The van der Waals surface area contributed by atoms with Gasteiger partial charge in [-0.25, -0.2) is 0 Å². The Bertz CT molecular complexity index is 920. The molecule has 0 aliphatic carbocycles. The quantitative estimate of drug-likeness (QED) is 0.682. The molecule has 0 saturated carbocycles. The monoisotopic (exact) mass is 432 g/mol. The van der Waals surface area contributed by atoms with Crippen LogP contribution >= 0.6 is 0 Å². The third kappa shape index (κ3) is 3.77. The molecule has 164 valence electrons. The van der Waals surface area contributed by atoms with Crippen LogP contribution in [0.25, 0.3) is 0 Å². The van der Waals surface area contributed by atoms with Crippen LogP contribution in [0.1, 0.15) is 38.0 Å². The predicted molar refractivity (Wildman–Crippen MR) is 118 cm³/mol. The van der Waals surface area contributed by atoms with Crippen molar-refractivity contribution in [3.63, 3.8) is 0 Å². The molecule has 1 aliphatic heterocycles. The van der Waals surface area contributed by atoms with Crippen LogP contribution in [0.2, 0.25) is 18.1 Å². The Balaban J connectivity index is 2.11. The highest BCUT2D eigenvalue weighted by Crippen LogP contribution is 2.50. The molecule has 0 spiro atoms. The molecule has 0 bridgehead atoms. The molecule has 0 radical (unpaired) electrons. The van der Waals surface area contributed by atoms with Crippen molar-refractivity contribution in [3.05, 3.63) is 47.5 Å². The minimum Gasteiger partial charge on any atom is -0.541 e. The summed E-state index contributed by atoms with van der Waals surface area (Å²) in [6, 6.07) is 10.5. The van der Waals surface area contributed by atoms with Gasteiger partial charge in [0.15, 0.2) is 17.1 Å². The van der Waals surface area contributed by atoms with Gasteiger partial charge in [-0.2, -0.15) is 0 Å². The fourth-order valence-electron chi connectivity index (χ4n) is 3.27. The number of aliphatic hydroxyl groups is 2. The van der Waals surface area contributed by atoms with E-state index >= 15 is 0 Å². The molecule has 2 N–H and O–H groups in total. The van der Waals surface area contributed by atoms with Gasteiger partial charge in [-0.3, -0.25) is 0 Å². The van der Waals surface area contributed by atoms with Crippen molar-refractivity contribution in [2.75, 3.05) is 20.8 Å². The number of benzene rings is 2. The summed E-state index contributed by atoms with van der Waals surface area (Å²) in [5, 5.41) is 22.8. The molecular formula is C23H32O6Si. The van der Waals surface area contributed by atoms with Crippen molar-refractivity contribution in [1.29, 1.82) is 0 Å². The van der Waals surface area contributed by atoms with Crippen LogP contribution < -0.4 is 18.6 Å². The Morgan fingerprint density at radius 3 is 2.40 bits per heavy atom. The van der Waals surface area contributed by atoms with E-state index < -0.39 is 20.0 Å². The second-order valence-corrected chi connectivity index (χ2v) is 13.9. The van der Waals surface area contributed by atoms with Crippen LogP contribution in [0.3, 0.4) is 0 Å². The zero-order valence-electron chi connectivity index (χ0n) is 18.8. The molecule has 0 fully saturated rings. The largest absolute Gasteiger partial charge is 0.541 e. The average Bonchev–Trinajstić information content (AvgIpc) is 2.69. The number of ether oxygens (including phenoxy) is 3. The van der Waals surface area contributed by atoms with E-state index in [-0.39, 0.29) is 11.6 Å². The standard InChI is InChI=1S/C23H32O6Si/c1-22(2,3)30(6,7)29-20-17(9-8-10-18(20)27-5)23(25)14-28-19-13-15(26-4)11-12-16(19)21(23)24/h8-13,21,24-25H,14H2,1-7H3/t21-,23-/m1/s1. The van der Waals surface area contributed by atoms with Gasteiger partial charge in [0, 0.05) is 17.2 Å². The fourth-order valence-corrected chi connectivity index (χ4v) is 4.30. The van der Waals surface area contributed by atoms with Gasteiger partial charge in [0.05, 0.1) is 14.2 Å². The van der Waals surface area contributed by atoms with Gasteiger partial charge in [0.25, 0.3) is 8.32 Å². The van der Waals surface area contributed by atoms with Crippen molar-refractivity contribution in [2.45, 2.75) is 50.6 Å². The zero-order chi connectivity index (χ0) is 22.3. The van der Waals surface area contributed by atoms with Gasteiger partial charge in [0.2, 0.25) is 0 Å². The molecule has 2 aromatic rings. The van der Waals surface area contributed by atoms with Crippen LogP contribution in [0, 0.1) is 0 Å². The van der Waals surface area contributed by atoms with Crippen LogP contribution in [0.4, 0.5) is 0 Å². The predicted octanol–water partition coefficient (Wildman–Crippen LogP) is 4.40. The molecular weight excluding hydrogens is 400 g/mol. The topological polar surface area (TPSA) is 77.4 Å². The number of rotatable bonds is 5. The molecule has 2 aromatic carbocycles. The van der Waals surface area contributed by atoms with E-state index in [2.05, 4.69) is 33.9 Å². The molecule has 3 rings (SSSR count). The highest BCUT2D eigenvalue weighted by Gasteiger charge is 2.48. The van der Waals surface area contributed by atoms with E-state index in [4.69, 9.17) is 18.6 Å². The Kier molecular flexibility index (Phi) is 5.84. The number of methoxy groups -OCH3 is 2. The number of hydrogen-bond acceptors (Lipinski definition) is 6. The molecule has 30 heavy (non-hydrogen) atoms. The maximum Gasteiger partial charge on any atom is 0.250 e. The van der Waals surface area contributed by atoms with Crippen LogP contribution in [0.5, 0.6) is 23.0 Å². The SMILES string of the molecule is COc1ccc2c(c1)OC[C@@](O)(c1cccc(OC)c1O[Si](C)(C)C(C)(C)C)[C@@H]2O. The van der Waals surface area contributed by atoms with Crippen molar-refractivity contribution in [3.8, 4) is 23.0 Å². The van der Waals surface area contributed by atoms with Crippen molar-refractivity contribution < 1.29 is 28.8 Å². The Labute approximate surface area is 179 Å². The lowest BCUT2D eigenvalue weighted by atomic mass is 9.82. The van der Waals surface area contributed by atoms with E-state index in [1.807, 2.05) is 0 Å². The molecule has 0 unspecified atom stereocenters. The second kappa shape index (κ2) is 7.79. The van der Waals surface area contributed by atoms with E-state index in [0.29, 0.717) is 34.1 Å². The molecule has 0 amide bonds. The molecule has 6 nitrogen and oxygen atoms in total. The summed E-state index contributed by atoms with van der Waals surface area (Å²) in [5.41, 5.74) is -0.764. The lowest BCUT2D eigenvalue weighted by Crippen LogP contribution is -2.46. The minimum atomic E-state index is -2.26. The number of para-hydroxylation sites is 1. The lowest BCUT2D eigenvalue weighted by Gasteiger charge is -2.42. The Morgan fingerprint density at radius 2 is 1.80 bits per heavy atom. The van der Waals surface area contributed by atoms with Crippen molar-refractivity contribution in [2.24, 2.45) is 0 Å². The van der Waals surface area contributed by atoms with Crippen LogP contribution in [-0.2, 0) is 5.60 Å². The Hall–Kier alpha value is -2.22. The summed E-state index contributed by atoms with van der Waals surface area (Å²) >= 11 is 0. The average molecular weight is 433 g/mol. The van der Waals surface area contributed by atoms with Crippen LogP contribution in [0.15, 0.2) is 36.4 Å². The third-order valence-corrected chi connectivity index (χ3v) is 10.6. The van der Waals surface area contributed by atoms with E-state index in [1.165, 1.54) is 0 Å². The van der Waals surface area contributed by atoms with Crippen LogP contribution in [-0.4, -0.2) is 39.4 Å². The smallest absolute Gasteiger partial charge is 0.250 e. The summed E-state index contributed by atoms with van der Waals surface area (Å²) in [5.74, 6) is 2.07. The summed E-state index contributed by atoms with van der Waals surface area (Å²) in [6.07, 6.45) is -1.21. The van der Waals surface area contributed by atoms with Gasteiger partial charge in [0.1, 0.15) is 24.2 Å². The van der Waals surface area contributed by atoms with E-state index in [0.717, 1.165) is 0 Å². The zero-order valence-corrected chi connectivity index (χ0v) is 19.8. The normalized spacial score (nSPS) is 21.4. The van der Waals surface area contributed by atoms with Gasteiger partial charge in [-0.1, -0.05) is 32.9 Å². The first kappa shape index (κ1) is 22.5.